The predicted molar refractivity (Wildman–Crippen MR) is 87.2 cm³/mol. The largest absolute Gasteiger partial charge is 0.446 e. The van der Waals surface area contributed by atoms with Crippen LogP contribution in [-0.2, 0) is 9.53 Å². The molecule has 0 aliphatic carbocycles. The van der Waals surface area contributed by atoms with Crippen molar-refractivity contribution in [1.29, 1.82) is 0 Å². The Bertz CT molecular complexity index is 830. The summed E-state index contributed by atoms with van der Waals surface area (Å²) in [5, 5.41) is 16.3. The van der Waals surface area contributed by atoms with E-state index in [0.29, 0.717) is 5.56 Å². The molecule has 0 saturated carbocycles. The van der Waals surface area contributed by atoms with Crippen molar-refractivity contribution >= 4 is 17.5 Å². The van der Waals surface area contributed by atoms with Gasteiger partial charge in [0.2, 0.25) is 18.0 Å². The maximum Gasteiger partial charge on any atom is 0.269 e. The number of rotatable bonds is 3. The third kappa shape index (κ3) is 2.83. The zero-order valence-electron chi connectivity index (χ0n) is 13.2. The fourth-order valence-electron chi connectivity index (χ4n) is 2.48. The molecule has 1 heterocycles. The summed E-state index contributed by atoms with van der Waals surface area (Å²) in [6, 6.07) is 13.4. The van der Waals surface area contributed by atoms with E-state index < -0.39 is 11.2 Å². The monoisotopic (exact) mass is 325 g/mol. The van der Waals surface area contributed by atoms with E-state index in [1.807, 2.05) is 31.2 Å². The first kappa shape index (κ1) is 15.7. The van der Waals surface area contributed by atoms with Gasteiger partial charge < -0.3 is 4.74 Å². The number of non-ortho nitro benzene ring substituents is 1. The van der Waals surface area contributed by atoms with Crippen LogP contribution in [0.15, 0.2) is 53.6 Å². The topological polar surface area (TPSA) is 85.0 Å². The SMILES string of the molecule is CC(=O)N1N=C(c2ccc([N+](=O)[O-])cc2)O[C@@H]1c1ccccc1C. The van der Waals surface area contributed by atoms with E-state index in [1.54, 1.807) is 12.1 Å². The molecule has 1 aliphatic rings. The lowest BCUT2D eigenvalue weighted by Crippen LogP contribution is -2.25. The third-order valence-electron chi connectivity index (χ3n) is 3.75. The van der Waals surface area contributed by atoms with Gasteiger partial charge in [-0.3, -0.25) is 14.9 Å². The number of carbonyl (C=O) groups is 1. The minimum Gasteiger partial charge on any atom is -0.446 e. The van der Waals surface area contributed by atoms with E-state index in [9.17, 15) is 14.9 Å². The molecular weight excluding hydrogens is 310 g/mol. The van der Waals surface area contributed by atoms with Crippen LogP contribution in [0.25, 0.3) is 0 Å². The molecule has 2 aromatic carbocycles. The van der Waals surface area contributed by atoms with Gasteiger partial charge in [0.05, 0.1) is 4.92 Å². The fraction of sp³-hybridized carbons (Fsp3) is 0.176. The van der Waals surface area contributed by atoms with Crippen LogP contribution in [-0.4, -0.2) is 21.7 Å². The number of ether oxygens (including phenoxy) is 1. The van der Waals surface area contributed by atoms with Gasteiger partial charge in [-0.1, -0.05) is 24.3 Å². The molecule has 3 rings (SSSR count). The maximum atomic E-state index is 11.9. The van der Waals surface area contributed by atoms with Crippen LogP contribution >= 0.6 is 0 Å². The fourth-order valence-corrected chi connectivity index (χ4v) is 2.48. The maximum absolute atomic E-state index is 11.9. The summed E-state index contributed by atoms with van der Waals surface area (Å²) in [5.74, 6) is 0.00788. The molecule has 0 fully saturated rings. The summed E-state index contributed by atoms with van der Waals surface area (Å²) < 4.78 is 5.87. The van der Waals surface area contributed by atoms with Gasteiger partial charge in [-0.15, -0.1) is 5.10 Å². The first-order valence-corrected chi connectivity index (χ1v) is 7.33. The summed E-state index contributed by atoms with van der Waals surface area (Å²) in [5.41, 5.74) is 2.38. The van der Waals surface area contributed by atoms with Crippen LogP contribution in [0.5, 0.6) is 0 Å². The van der Waals surface area contributed by atoms with E-state index >= 15 is 0 Å². The Labute approximate surface area is 138 Å². The first-order chi connectivity index (χ1) is 11.5. The number of hydrogen-bond acceptors (Lipinski definition) is 5. The van der Waals surface area contributed by atoms with E-state index in [-0.39, 0.29) is 17.5 Å². The van der Waals surface area contributed by atoms with E-state index in [4.69, 9.17) is 4.74 Å². The Balaban J connectivity index is 1.94. The molecule has 2 aromatic rings. The van der Waals surface area contributed by atoms with Crippen LogP contribution < -0.4 is 0 Å². The van der Waals surface area contributed by atoms with Gasteiger partial charge in [-0.05, 0) is 24.6 Å². The highest BCUT2D eigenvalue weighted by molar-refractivity contribution is 5.96. The highest BCUT2D eigenvalue weighted by Crippen LogP contribution is 2.32. The van der Waals surface area contributed by atoms with Crippen molar-refractivity contribution in [2.24, 2.45) is 5.10 Å². The molecule has 0 radical (unpaired) electrons. The summed E-state index contributed by atoms with van der Waals surface area (Å²) in [4.78, 5) is 22.2. The average Bonchev–Trinajstić information content (AvgIpc) is 3.00. The zero-order valence-corrected chi connectivity index (χ0v) is 13.2. The van der Waals surface area contributed by atoms with Crippen molar-refractivity contribution in [2.45, 2.75) is 20.1 Å². The highest BCUT2D eigenvalue weighted by Gasteiger charge is 2.33. The second kappa shape index (κ2) is 6.11. The Kier molecular flexibility index (Phi) is 3.99. The first-order valence-electron chi connectivity index (χ1n) is 7.33. The van der Waals surface area contributed by atoms with Gasteiger partial charge in [0.15, 0.2) is 0 Å². The molecule has 24 heavy (non-hydrogen) atoms. The average molecular weight is 325 g/mol. The molecule has 1 aliphatic heterocycles. The standard InChI is InChI=1S/C17H15N3O4/c1-11-5-3-4-6-15(11)17-19(12(2)21)18-16(24-17)13-7-9-14(10-8-13)20(22)23/h3-10,17H,1-2H3/t17-/m1/s1. The van der Waals surface area contributed by atoms with Crippen LogP contribution in [0.3, 0.4) is 0 Å². The number of aryl methyl sites for hydroxylation is 1. The van der Waals surface area contributed by atoms with Crippen LogP contribution in [0, 0.1) is 17.0 Å². The number of carbonyl (C=O) groups excluding carboxylic acids is 1. The number of nitro benzene ring substituents is 1. The Morgan fingerprint density at radius 3 is 2.46 bits per heavy atom. The van der Waals surface area contributed by atoms with Gasteiger partial charge in [0, 0.05) is 30.2 Å². The number of hydrogen-bond donors (Lipinski definition) is 0. The van der Waals surface area contributed by atoms with Gasteiger partial charge in [-0.25, -0.2) is 0 Å². The zero-order chi connectivity index (χ0) is 17.3. The van der Waals surface area contributed by atoms with Crippen LogP contribution in [0.2, 0.25) is 0 Å². The summed E-state index contributed by atoms with van der Waals surface area (Å²) in [7, 11) is 0. The molecule has 122 valence electrons. The predicted octanol–water partition coefficient (Wildman–Crippen LogP) is 3.14. The van der Waals surface area contributed by atoms with E-state index in [2.05, 4.69) is 5.10 Å². The van der Waals surface area contributed by atoms with Crippen molar-refractivity contribution in [2.75, 3.05) is 0 Å². The molecule has 0 aromatic heterocycles. The van der Waals surface area contributed by atoms with Crippen molar-refractivity contribution in [3.63, 3.8) is 0 Å². The quantitative estimate of drug-likeness (QED) is 0.641. The Morgan fingerprint density at radius 1 is 1.21 bits per heavy atom. The molecule has 7 nitrogen and oxygen atoms in total. The minimum absolute atomic E-state index is 0.0174. The van der Waals surface area contributed by atoms with Crippen LogP contribution in [0.4, 0.5) is 5.69 Å². The van der Waals surface area contributed by atoms with Gasteiger partial charge in [0.25, 0.3) is 5.69 Å². The molecule has 0 bridgehead atoms. The van der Waals surface area contributed by atoms with Crippen molar-refractivity contribution < 1.29 is 14.5 Å². The van der Waals surface area contributed by atoms with Crippen molar-refractivity contribution in [3.05, 3.63) is 75.3 Å². The van der Waals surface area contributed by atoms with Crippen molar-refractivity contribution in [1.82, 2.24) is 5.01 Å². The highest BCUT2D eigenvalue weighted by atomic mass is 16.6. The molecule has 1 atom stereocenters. The molecule has 0 saturated heterocycles. The normalized spacial score (nSPS) is 16.5. The summed E-state index contributed by atoms with van der Waals surface area (Å²) in [6.07, 6.45) is -0.645. The lowest BCUT2D eigenvalue weighted by Gasteiger charge is -2.20. The summed E-state index contributed by atoms with van der Waals surface area (Å²) >= 11 is 0. The minimum atomic E-state index is -0.645. The smallest absolute Gasteiger partial charge is 0.269 e. The molecular formula is C17H15N3O4. The number of nitrogens with zero attached hydrogens (tertiary/aromatic N) is 3. The van der Waals surface area contributed by atoms with Gasteiger partial charge >= 0.3 is 0 Å². The van der Waals surface area contributed by atoms with Crippen LogP contribution in [0.1, 0.15) is 29.8 Å². The van der Waals surface area contributed by atoms with Gasteiger partial charge in [-0.2, -0.15) is 5.01 Å². The second-order valence-corrected chi connectivity index (χ2v) is 5.40. The number of benzene rings is 2. The molecule has 0 spiro atoms. The molecule has 0 N–H and O–H groups in total. The van der Waals surface area contributed by atoms with E-state index in [1.165, 1.54) is 24.1 Å². The third-order valence-corrected chi connectivity index (χ3v) is 3.75. The lowest BCUT2D eigenvalue weighted by molar-refractivity contribution is -0.384. The van der Waals surface area contributed by atoms with Crippen molar-refractivity contribution in [3.8, 4) is 0 Å². The Morgan fingerprint density at radius 2 is 1.88 bits per heavy atom. The number of hydrazone groups is 1. The second-order valence-electron chi connectivity index (χ2n) is 5.40. The number of amides is 1. The Hall–Kier alpha value is -3.22. The molecule has 1 amide bonds. The molecule has 7 heteroatoms. The summed E-state index contributed by atoms with van der Waals surface area (Å²) in [6.45, 7) is 3.35. The number of nitro groups is 1. The van der Waals surface area contributed by atoms with E-state index in [0.717, 1.165) is 11.1 Å². The van der Waals surface area contributed by atoms with Gasteiger partial charge in [0.1, 0.15) is 0 Å². The lowest BCUT2D eigenvalue weighted by atomic mass is 10.1. The molecule has 0 unspecified atom stereocenters.